The second-order valence-corrected chi connectivity index (χ2v) is 9.42. The molecule has 2 atom stereocenters. The van der Waals surface area contributed by atoms with Crippen LogP contribution < -0.4 is 14.8 Å². The number of esters is 1. The first-order valence-corrected chi connectivity index (χ1v) is 12.2. The quantitative estimate of drug-likeness (QED) is 0.491. The van der Waals surface area contributed by atoms with E-state index in [0.717, 1.165) is 17.0 Å². The highest BCUT2D eigenvalue weighted by molar-refractivity contribution is 9.10. The van der Waals surface area contributed by atoms with Gasteiger partial charge in [-0.3, -0.25) is 4.79 Å². The number of phenolic OH excluding ortho intramolecular Hbond substituents is 1. The summed E-state index contributed by atoms with van der Waals surface area (Å²) >= 11 is 3.39. The Morgan fingerprint density at radius 2 is 1.86 bits per heavy atom. The molecule has 0 fully saturated rings. The minimum absolute atomic E-state index is 0.00155. The molecule has 4 rings (SSSR count). The predicted molar refractivity (Wildman–Crippen MR) is 135 cm³/mol. The van der Waals surface area contributed by atoms with Crippen LogP contribution in [0.3, 0.4) is 0 Å². The number of aromatic hydroxyl groups is 1. The fraction of sp³-hybridized carbons (Fsp3) is 0.333. The maximum absolute atomic E-state index is 13.7. The number of hydrogen-bond donors (Lipinski definition) is 2. The molecule has 2 aliphatic rings. The first kappa shape index (κ1) is 24.9. The number of ketones is 1. The number of nitrogens with one attached hydrogen (secondary N) is 1. The number of carbonyl (C=O) groups is 2. The SMILES string of the molecule is CCOc1cc(C2C(C(=O)OC)=C(C)NC3=C2C(=O)CC(c2ccc(OC)cc2)C3)cc(Br)c1O. The molecule has 1 heterocycles. The minimum Gasteiger partial charge on any atom is -0.503 e. The van der Waals surface area contributed by atoms with Crippen LogP contribution in [0.5, 0.6) is 17.2 Å². The number of methoxy groups -OCH3 is 2. The van der Waals surface area contributed by atoms with Crippen molar-refractivity contribution in [2.24, 2.45) is 0 Å². The molecule has 2 N–H and O–H groups in total. The standard InChI is InChI=1S/C27H28BrNO6/c1-5-35-22-13-17(10-19(28)26(22)31)24-23(27(32)34-4)14(2)29-20-11-16(12-21(30)25(20)24)15-6-8-18(33-3)9-7-15/h6-10,13,16,24,29,31H,5,11-12H2,1-4H3. The van der Waals surface area contributed by atoms with Gasteiger partial charge < -0.3 is 24.6 Å². The summed E-state index contributed by atoms with van der Waals surface area (Å²) < 4.78 is 16.4. The lowest BCUT2D eigenvalue weighted by atomic mass is 9.71. The summed E-state index contributed by atoms with van der Waals surface area (Å²) in [4.78, 5) is 26.5. The van der Waals surface area contributed by atoms with Crippen molar-refractivity contribution in [2.75, 3.05) is 20.8 Å². The normalized spacial score (nSPS) is 19.7. The Morgan fingerprint density at radius 3 is 2.49 bits per heavy atom. The first-order valence-electron chi connectivity index (χ1n) is 11.4. The van der Waals surface area contributed by atoms with Crippen molar-refractivity contribution in [3.05, 3.63) is 74.5 Å². The predicted octanol–water partition coefficient (Wildman–Crippen LogP) is 5.10. The zero-order valence-electron chi connectivity index (χ0n) is 20.1. The van der Waals surface area contributed by atoms with Gasteiger partial charge in [-0.25, -0.2) is 4.79 Å². The Kier molecular flexibility index (Phi) is 7.21. The van der Waals surface area contributed by atoms with Gasteiger partial charge in [-0.2, -0.15) is 0 Å². The van der Waals surface area contributed by atoms with Crippen molar-refractivity contribution >= 4 is 27.7 Å². The van der Waals surface area contributed by atoms with E-state index in [2.05, 4.69) is 21.2 Å². The zero-order valence-corrected chi connectivity index (χ0v) is 21.7. The van der Waals surface area contributed by atoms with Crippen LogP contribution in [0.1, 0.15) is 49.7 Å². The van der Waals surface area contributed by atoms with Gasteiger partial charge >= 0.3 is 5.97 Å². The van der Waals surface area contributed by atoms with Crippen LogP contribution >= 0.6 is 15.9 Å². The zero-order chi connectivity index (χ0) is 25.3. The van der Waals surface area contributed by atoms with E-state index in [1.807, 2.05) is 38.1 Å². The van der Waals surface area contributed by atoms with E-state index >= 15 is 0 Å². The van der Waals surface area contributed by atoms with E-state index in [0.29, 0.717) is 46.3 Å². The van der Waals surface area contributed by atoms with Crippen LogP contribution in [-0.2, 0) is 14.3 Å². The lowest BCUT2D eigenvalue weighted by molar-refractivity contribution is -0.136. The van der Waals surface area contributed by atoms with Gasteiger partial charge in [0.25, 0.3) is 0 Å². The maximum atomic E-state index is 13.7. The maximum Gasteiger partial charge on any atom is 0.336 e. The summed E-state index contributed by atoms with van der Waals surface area (Å²) in [6, 6.07) is 11.2. The molecule has 8 heteroatoms. The van der Waals surface area contributed by atoms with Crippen LogP contribution in [0.2, 0.25) is 0 Å². The van der Waals surface area contributed by atoms with Crippen molar-refractivity contribution in [1.29, 1.82) is 0 Å². The molecule has 0 saturated carbocycles. The molecule has 1 aliphatic carbocycles. The third kappa shape index (κ3) is 4.67. The average molecular weight is 542 g/mol. The van der Waals surface area contributed by atoms with Crippen LogP contribution in [0.25, 0.3) is 0 Å². The number of halogens is 1. The summed E-state index contributed by atoms with van der Waals surface area (Å²) in [6.45, 7) is 3.98. The number of benzene rings is 2. The molecule has 0 amide bonds. The Hall–Kier alpha value is -3.26. The second kappa shape index (κ2) is 10.2. The molecule has 2 aromatic carbocycles. The summed E-state index contributed by atoms with van der Waals surface area (Å²) in [5, 5.41) is 13.8. The van der Waals surface area contributed by atoms with E-state index in [4.69, 9.17) is 14.2 Å². The summed E-state index contributed by atoms with van der Waals surface area (Å²) in [6.07, 6.45) is 0.932. The highest BCUT2D eigenvalue weighted by atomic mass is 79.9. The number of ether oxygens (including phenoxy) is 3. The highest BCUT2D eigenvalue weighted by Crippen LogP contribution is 2.48. The van der Waals surface area contributed by atoms with Gasteiger partial charge in [-0.05, 0) is 77.5 Å². The Morgan fingerprint density at radius 1 is 1.14 bits per heavy atom. The van der Waals surface area contributed by atoms with E-state index in [1.165, 1.54) is 7.11 Å². The van der Waals surface area contributed by atoms with Crippen molar-refractivity contribution in [3.63, 3.8) is 0 Å². The average Bonchev–Trinajstić information content (AvgIpc) is 2.85. The van der Waals surface area contributed by atoms with Crippen molar-refractivity contribution in [2.45, 2.75) is 38.5 Å². The highest BCUT2D eigenvalue weighted by Gasteiger charge is 2.41. The fourth-order valence-electron chi connectivity index (χ4n) is 4.89. The molecule has 7 nitrogen and oxygen atoms in total. The first-order chi connectivity index (χ1) is 16.8. The molecule has 0 bridgehead atoms. The lowest BCUT2D eigenvalue weighted by Gasteiger charge is -2.36. The molecular weight excluding hydrogens is 514 g/mol. The van der Waals surface area contributed by atoms with Crippen molar-refractivity contribution < 1.29 is 28.9 Å². The monoisotopic (exact) mass is 541 g/mol. The van der Waals surface area contributed by atoms with Gasteiger partial charge in [0.1, 0.15) is 5.75 Å². The van der Waals surface area contributed by atoms with Crippen LogP contribution in [0.4, 0.5) is 0 Å². The molecular formula is C27H28BrNO6. The molecule has 2 aromatic rings. The third-order valence-corrected chi connectivity index (χ3v) is 7.11. The lowest BCUT2D eigenvalue weighted by Crippen LogP contribution is -2.36. The molecule has 35 heavy (non-hydrogen) atoms. The number of allylic oxidation sites excluding steroid dienone is 3. The number of dihydropyridines is 1. The Labute approximate surface area is 212 Å². The van der Waals surface area contributed by atoms with Gasteiger partial charge in [0.15, 0.2) is 17.3 Å². The van der Waals surface area contributed by atoms with Crippen LogP contribution in [0.15, 0.2) is 63.4 Å². The van der Waals surface area contributed by atoms with Crippen LogP contribution in [0, 0.1) is 0 Å². The Bertz CT molecular complexity index is 1230. The van der Waals surface area contributed by atoms with Crippen molar-refractivity contribution in [3.8, 4) is 17.2 Å². The van der Waals surface area contributed by atoms with Crippen LogP contribution in [-0.4, -0.2) is 37.7 Å². The molecule has 2 unspecified atom stereocenters. The van der Waals surface area contributed by atoms with Gasteiger partial charge in [-0.1, -0.05) is 12.1 Å². The third-order valence-electron chi connectivity index (χ3n) is 6.50. The van der Waals surface area contributed by atoms with E-state index < -0.39 is 11.9 Å². The molecule has 1 aliphatic heterocycles. The topological polar surface area (TPSA) is 94.1 Å². The molecule has 0 aromatic heterocycles. The number of carbonyl (C=O) groups excluding carboxylic acids is 2. The smallest absolute Gasteiger partial charge is 0.336 e. The van der Waals surface area contributed by atoms with E-state index in [9.17, 15) is 14.7 Å². The molecule has 0 saturated heterocycles. The molecule has 0 radical (unpaired) electrons. The van der Waals surface area contributed by atoms with Gasteiger partial charge in [0.2, 0.25) is 0 Å². The fourth-order valence-corrected chi connectivity index (χ4v) is 5.35. The summed E-state index contributed by atoms with van der Waals surface area (Å²) in [5.74, 6) is -0.208. The van der Waals surface area contributed by atoms with Crippen molar-refractivity contribution in [1.82, 2.24) is 5.32 Å². The van der Waals surface area contributed by atoms with Gasteiger partial charge in [0.05, 0.1) is 30.9 Å². The second-order valence-electron chi connectivity index (χ2n) is 8.56. The van der Waals surface area contributed by atoms with Gasteiger partial charge in [0, 0.05) is 29.3 Å². The summed E-state index contributed by atoms with van der Waals surface area (Å²) in [7, 11) is 2.94. The largest absolute Gasteiger partial charge is 0.503 e. The number of Topliss-reactive ketones (excluding diaryl/α,β-unsaturated/α-hetero) is 1. The van der Waals surface area contributed by atoms with Gasteiger partial charge in [-0.15, -0.1) is 0 Å². The Balaban J connectivity index is 1.82. The number of hydrogen-bond acceptors (Lipinski definition) is 7. The summed E-state index contributed by atoms with van der Waals surface area (Å²) in [5.41, 5.74) is 4.03. The molecule has 0 spiro atoms. The van der Waals surface area contributed by atoms with E-state index in [-0.39, 0.29) is 23.2 Å². The molecule has 184 valence electrons. The van der Waals surface area contributed by atoms with E-state index in [1.54, 1.807) is 19.2 Å². The number of phenols is 1. The minimum atomic E-state index is -0.654. The number of rotatable bonds is 6.